The lowest BCUT2D eigenvalue weighted by Crippen LogP contribution is -2.27. The minimum Gasteiger partial charge on any atom is -0.454 e. The molecule has 0 aliphatic carbocycles. The Balaban J connectivity index is 1.77. The number of hydrogen-bond donors (Lipinski definition) is 3. The summed E-state index contributed by atoms with van der Waals surface area (Å²) in [6.07, 6.45) is -1.49. The molecule has 7 nitrogen and oxygen atoms in total. The van der Waals surface area contributed by atoms with Gasteiger partial charge in [-0.1, -0.05) is 6.07 Å². The Morgan fingerprint density at radius 1 is 1.47 bits per heavy atom. The van der Waals surface area contributed by atoms with Crippen LogP contribution < -0.4 is 20.5 Å². The maximum Gasteiger partial charge on any atom is 0.404 e. The lowest BCUT2D eigenvalue weighted by Gasteiger charge is -2.12. The maximum absolute atomic E-state index is 10.3. The highest BCUT2D eigenvalue weighted by atomic mass is 16.7. The third-order valence-electron chi connectivity index (χ3n) is 2.64. The third kappa shape index (κ3) is 3.73. The van der Waals surface area contributed by atoms with Crippen LogP contribution in [0.3, 0.4) is 0 Å². The number of carbonyl (C=O) groups excluding carboxylic acids is 1. The summed E-state index contributed by atoms with van der Waals surface area (Å²) in [4.78, 5) is 10.3. The van der Waals surface area contributed by atoms with Crippen LogP contribution in [0, 0.1) is 0 Å². The Kier molecular flexibility index (Phi) is 4.43. The van der Waals surface area contributed by atoms with Crippen LogP contribution in [0.25, 0.3) is 0 Å². The van der Waals surface area contributed by atoms with E-state index in [9.17, 15) is 9.90 Å². The van der Waals surface area contributed by atoms with Gasteiger partial charge in [0.05, 0.1) is 6.10 Å². The van der Waals surface area contributed by atoms with Crippen LogP contribution in [-0.4, -0.2) is 37.7 Å². The molecule has 1 aliphatic rings. The first-order chi connectivity index (χ1) is 9.16. The van der Waals surface area contributed by atoms with Gasteiger partial charge in [-0.15, -0.1) is 0 Å². The minimum atomic E-state index is -0.807. The van der Waals surface area contributed by atoms with E-state index in [4.69, 9.17) is 15.2 Å². The predicted octanol–water partition coefficient (Wildman–Crippen LogP) is 0.134. The number of benzene rings is 1. The highest BCUT2D eigenvalue weighted by Crippen LogP contribution is 2.33. The van der Waals surface area contributed by atoms with Gasteiger partial charge in [-0.3, -0.25) is 0 Å². The number of amides is 1. The number of primary amides is 1. The number of carbonyl (C=O) groups is 1. The van der Waals surface area contributed by atoms with Crippen molar-refractivity contribution >= 4 is 6.09 Å². The van der Waals surface area contributed by atoms with Crippen LogP contribution in [0.4, 0.5) is 4.79 Å². The van der Waals surface area contributed by atoms with Crippen molar-refractivity contribution in [3.63, 3.8) is 0 Å². The maximum atomic E-state index is 10.3. The lowest BCUT2D eigenvalue weighted by molar-refractivity contribution is 0.149. The molecule has 1 amide bonds. The number of nitrogens with one attached hydrogen (secondary N) is 1. The number of ether oxygens (including phenoxy) is 3. The Bertz CT molecular complexity index is 452. The van der Waals surface area contributed by atoms with Crippen molar-refractivity contribution in [2.75, 3.05) is 26.5 Å². The Hall–Kier alpha value is -1.99. The first-order valence-corrected chi connectivity index (χ1v) is 5.87. The topological polar surface area (TPSA) is 103 Å². The largest absolute Gasteiger partial charge is 0.454 e. The number of fused-ring (bicyclic) bond motifs is 1. The van der Waals surface area contributed by atoms with Crippen molar-refractivity contribution in [3.05, 3.63) is 23.8 Å². The van der Waals surface area contributed by atoms with Gasteiger partial charge in [-0.2, -0.15) is 0 Å². The van der Waals surface area contributed by atoms with Gasteiger partial charge in [0.1, 0.15) is 6.61 Å². The molecule has 1 aromatic rings. The van der Waals surface area contributed by atoms with E-state index in [1.54, 1.807) is 18.2 Å². The zero-order valence-corrected chi connectivity index (χ0v) is 10.3. The quantitative estimate of drug-likeness (QED) is 0.634. The molecule has 0 radical (unpaired) electrons. The zero-order valence-electron chi connectivity index (χ0n) is 10.3. The van der Waals surface area contributed by atoms with Gasteiger partial charge in [0.2, 0.25) is 6.79 Å². The standard InChI is InChI=1S/C12H16N2O5/c13-12(16)17-4-3-14-6-9(15)8-1-2-10-11(5-8)19-7-18-10/h1-2,5,9,14-15H,3-4,6-7H2,(H2,13,16). The van der Waals surface area contributed by atoms with Gasteiger partial charge in [0.15, 0.2) is 11.5 Å². The molecule has 2 rings (SSSR count). The molecule has 0 spiro atoms. The molecule has 1 aromatic carbocycles. The SMILES string of the molecule is NC(=O)OCCNCC(O)c1ccc2c(c1)OCO2. The van der Waals surface area contributed by atoms with Crippen LogP contribution in [0.15, 0.2) is 18.2 Å². The van der Waals surface area contributed by atoms with E-state index in [-0.39, 0.29) is 13.4 Å². The van der Waals surface area contributed by atoms with Gasteiger partial charge in [-0.25, -0.2) is 4.79 Å². The van der Waals surface area contributed by atoms with E-state index < -0.39 is 12.2 Å². The van der Waals surface area contributed by atoms with Gasteiger partial charge < -0.3 is 30.4 Å². The first kappa shape index (κ1) is 13.4. The third-order valence-corrected chi connectivity index (χ3v) is 2.64. The molecule has 1 aliphatic heterocycles. The van der Waals surface area contributed by atoms with Crippen molar-refractivity contribution in [3.8, 4) is 11.5 Å². The number of nitrogens with two attached hydrogens (primary N) is 1. The van der Waals surface area contributed by atoms with Crippen molar-refractivity contribution in [2.24, 2.45) is 5.73 Å². The fraction of sp³-hybridized carbons (Fsp3) is 0.417. The zero-order chi connectivity index (χ0) is 13.7. The molecule has 1 atom stereocenters. The van der Waals surface area contributed by atoms with Gasteiger partial charge in [-0.05, 0) is 17.7 Å². The number of aliphatic hydroxyl groups excluding tert-OH is 1. The van der Waals surface area contributed by atoms with Gasteiger partial charge in [0, 0.05) is 13.1 Å². The predicted molar refractivity (Wildman–Crippen MR) is 65.9 cm³/mol. The van der Waals surface area contributed by atoms with Crippen molar-refractivity contribution in [2.45, 2.75) is 6.10 Å². The van der Waals surface area contributed by atoms with Crippen LogP contribution in [0.2, 0.25) is 0 Å². The molecule has 0 saturated heterocycles. The number of rotatable bonds is 6. The fourth-order valence-corrected chi connectivity index (χ4v) is 1.70. The summed E-state index contributed by atoms with van der Waals surface area (Å²) < 4.78 is 15.0. The highest BCUT2D eigenvalue weighted by Gasteiger charge is 2.16. The summed E-state index contributed by atoms with van der Waals surface area (Å²) in [5.74, 6) is 1.31. The fourth-order valence-electron chi connectivity index (χ4n) is 1.70. The molecule has 19 heavy (non-hydrogen) atoms. The molecular weight excluding hydrogens is 252 g/mol. The molecular formula is C12H16N2O5. The Labute approximate surface area is 110 Å². The van der Waals surface area contributed by atoms with E-state index in [1.807, 2.05) is 0 Å². The van der Waals surface area contributed by atoms with Gasteiger partial charge >= 0.3 is 6.09 Å². The number of aliphatic hydroxyl groups is 1. The Morgan fingerprint density at radius 2 is 2.26 bits per heavy atom. The normalized spacial score (nSPS) is 14.2. The monoisotopic (exact) mass is 268 g/mol. The summed E-state index contributed by atoms with van der Waals surface area (Å²) in [5.41, 5.74) is 5.54. The van der Waals surface area contributed by atoms with E-state index >= 15 is 0 Å². The summed E-state index contributed by atoms with van der Waals surface area (Å²) in [6, 6.07) is 5.28. The molecule has 0 fully saturated rings. The second-order valence-electron chi connectivity index (χ2n) is 4.00. The minimum absolute atomic E-state index is 0.170. The van der Waals surface area contributed by atoms with E-state index in [0.717, 1.165) is 5.56 Å². The molecule has 0 saturated carbocycles. The Morgan fingerprint density at radius 3 is 3.05 bits per heavy atom. The molecule has 4 N–H and O–H groups in total. The van der Waals surface area contributed by atoms with E-state index in [0.29, 0.717) is 24.6 Å². The molecule has 104 valence electrons. The average molecular weight is 268 g/mol. The average Bonchev–Trinajstić information content (AvgIpc) is 2.84. The van der Waals surface area contributed by atoms with Crippen molar-refractivity contribution in [1.29, 1.82) is 0 Å². The summed E-state index contributed by atoms with van der Waals surface area (Å²) >= 11 is 0. The second kappa shape index (κ2) is 6.26. The van der Waals surface area contributed by atoms with E-state index in [2.05, 4.69) is 10.1 Å². The number of hydrogen-bond acceptors (Lipinski definition) is 6. The second-order valence-corrected chi connectivity index (χ2v) is 4.00. The molecule has 1 heterocycles. The summed E-state index contributed by atoms with van der Waals surface area (Å²) in [7, 11) is 0. The molecule has 0 bridgehead atoms. The smallest absolute Gasteiger partial charge is 0.404 e. The summed E-state index contributed by atoms with van der Waals surface area (Å²) in [6.45, 7) is 1.13. The van der Waals surface area contributed by atoms with Crippen LogP contribution in [0.5, 0.6) is 11.5 Å². The van der Waals surface area contributed by atoms with Crippen LogP contribution in [0.1, 0.15) is 11.7 Å². The van der Waals surface area contributed by atoms with Crippen molar-refractivity contribution in [1.82, 2.24) is 5.32 Å². The first-order valence-electron chi connectivity index (χ1n) is 5.87. The lowest BCUT2D eigenvalue weighted by atomic mass is 10.1. The van der Waals surface area contributed by atoms with Gasteiger partial charge in [0.25, 0.3) is 0 Å². The summed E-state index contributed by atoms with van der Waals surface area (Å²) in [5, 5.41) is 12.9. The van der Waals surface area contributed by atoms with E-state index in [1.165, 1.54) is 0 Å². The van der Waals surface area contributed by atoms with Crippen LogP contribution in [-0.2, 0) is 4.74 Å². The molecule has 7 heteroatoms. The molecule has 1 unspecified atom stereocenters. The van der Waals surface area contributed by atoms with Crippen molar-refractivity contribution < 1.29 is 24.1 Å². The molecule has 0 aromatic heterocycles. The van der Waals surface area contributed by atoms with Crippen LogP contribution >= 0.6 is 0 Å². The highest BCUT2D eigenvalue weighted by molar-refractivity contribution is 5.64.